The highest BCUT2D eigenvalue weighted by molar-refractivity contribution is 7.89. The molecule has 0 radical (unpaired) electrons. The van der Waals surface area contributed by atoms with Crippen molar-refractivity contribution < 1.29 is 16.8 Å². The van der Waals surface area contributed by atoms with Crippen LogP contribution < -0.4 is 0 Å². The predicted octanol–water partition coefficient (Wildman–Crippen LogP) is 3.09. The molecule has 0 N–H and O–H groups in total. The molecular formula is C23H25N3O4S2. The van der Waals surface area contributed by atoms with E-state index in [1.807, 2.05) is 13.8 Å². The van der Waals surface area contributed by atoms with E-state index in [0.717, 1.165) is 11.1 Å². The summed E-state index contributed by atoms with van der Waals surface area (Å²) in [4.78, 5) is 4.87. The quantitative estimate of drug-likeness (QED) is 0.584. The number of fused-ring (bicyclic) bond motifs is 2. The molecule has 0 atom stereocenters. The number of aromatic nitrogens is 1. The van der Waals surface area contributed by atoms with Gasteiger partial charge < -0.3 is 0 Å². The average molecular weight is 472 g/mol. The van der Waals surface area contributed by atoms with Crippen LogP contribution in [-0.2, 0) is 33.1 Å². The normalized spacial score (nSPS) is 16.2. The summed E-state index contributed by atoms with van der Waals surface area (Å²) in [5.41, 5.74) is 3.07. The Kier molecular flexibility index (Phi) is 6.17. The number of nitrogens with zero attached hydrogens (tertiary/aromatic N) is 3. The third-order valence-electron chi connectivity index (χ3n) is 5.46. The monoisotopic (exact) mass is 471 g/mol. The molecule has 0 spiro atoms. The van der Waals surface area contributed by atoms with Gasteiger partial charge in [0.2, 0.25) is 20.0 Å². The summed E-state index contributed by atoms with van der Waals surface area (Å²) in [7, 11) is -7.66. The molecule has 0 amide bonds. The van der Waals surface area contributed by atoms with Crippen LogP contribution >= 0.6 is 0 Å². The third-order valence-corrected chi connectivity index (χ3v) is 9.18. The molecule has 32 heavy (non-hydrogen) atoms. The van der Waals surface area contributed by atoms with Gasteiger partial charge in [0, 0.05) is 13.1 Å². The molecule has 0 saturated carbocycles. The number of benzene rings is 2. The molecule has 3 aromatic rings. The maximum absolute atomic E-state index is 13.4. The van der Waals surface area contributed by atoms with Crippen LogP contribution in [0.15, 0.2) is 76.5 Å². The maximum Gasteiger partial charge on any atom is 0.243 e. The van der Waals surface area contributed by atoms with E-state index < -0.39 is 20.0 Å². The Labute approximate surface area is 189 Å². The molecular weight excluding hydrogens is 446 g/mol. The molecule has 0 aliphatic carbocycles. The molecule has 168 valence electrons. The van der Waals surface area contributed by atoms with Crippen molar-refractivity contribution >= 4 is 20.0 Å². The first-order chi connectivity index (χ1) is 15.2. The average Bonchev–Trinajstić information content (AvgIpc) is 2.82. The first-order valence-electron chi connectivity index (χ1n) is 10.2. The van der Waals surface area contributed by atoms with Crippen molar-refractivity contribution in [2.45, 2.75) is 36.7 Å². The second kappa shape index (κ2) is 8.74. The summed E-state index contributed by atoms with van der Waals surface area (Å²) >= 11 is 0. The van der Waals surface area contributed by atoms with Crippen LogP contribution in [0.4, 0.5) is 0 Å². The standard InChI is InChI=1S/C23H25N3O4S2/c1-18-6-10-22(11-7-18)31(27,28)25-14-15-26(17-21-5-3-4-20(16-25)24-21)32(29,30)23-12-8-19(2)9-13-23/h3-13H,14-17H2,1-2H3. The lowest BCUT2D eigenvalue weighted by atomic mass is 10.2. The molecule has 0 fully saturated rings. The van der Waals surface area contributed by atoms with Gasteiger partial charge in [-0.25, -0.2) is 16.8 Å². The van der Waals surface area contributed by atoms with Gasteiger partial charge in [-0.3, -0.25) is 4.98 Å². The number of rotatable bonds is 4. The Morgan fingerprint density at radius 2 is 1.00 bits per heavy atom. The van der Waals surface area contributed by atoms with Crippen molar-refractivity contribution in [3.05, 3.63) is 89.2 Å². The summed E-state index contributed by atoms with van der Waals surface area (Å²) in [5, 5.41) is 0. The van der Waals surface area contributed by atoms with E-state index in [1.165, 1.54) is 8.61 Å². The number of pyridine rings is 1. The van der Waals surface area contributed by atoms with Crippen molar-refractivity contribution in [3.63, 3.8) is 0 Å². The van der Waals surface area contributed by atoms with Crippen LogP contribution in [-0.4, -0.2) is 43.5 Å². The zero-order valence-corrected chi connectivity index (χ0v) is 19.6. The van der Waals surface area contributed by atoms with Crippen LogP contribution in [0.3, 0.4) is 0 Å². The van der Waals surface area contributed by atoms with Crippen molar-refractivity contribution in [1.29, 1.82) is 0 Å². The van der Waals surface area contributed by atoms with Gasteiger partial charge in [-0.05, 0) is 50.2 Å². The molecule has 2 aromatic carbocycles. The highest BCUT2D eigenvalue weighted by atomic mass is 32.2. The van der Waals surface area contributed by atoms with Gasteiger partial charge in [0.25, 0.3) is 0 Å². The molecule has 1 aromatic heterocycles. The molecule has 9 heteroatoms. The largest absolute Gasteiger partial charge is 0.255 e. The van der Waals surface area contributed by atoms with Crippen molar-refractivity contribution in [3.8, 4) is 0 Å². The van der Waals surface area contributed by atoms with Crippen LogP contribution in [0.1, 0.15) is 22.5 Å². The fourth-order valence-electron chi connectivity index (χ4n) is 3.58. The van der Waals surface area contributed by atoms with E-state index in [1.54, 1.807) is 66.7 Å². The summed E-state index contributed by atoms with van der Waals surface area (Å²) in [6.45, 7) is 3.95. The van der Waals surface area contributed by atoms with E-state index in [4.69, 9.17) is 0 Å². The summed E-state index contributed by atoms with van der Waals surface area (Å²) < 4.78 is 56.1. The Bertz CT molecular complexity index is 1220. The first-order valence-corrected chi connectivity index (χ1v) is 13.1. The fraction of sp³-hybridized carbons (Fsp3) is 0.261. The van der Waals surface area contributed by atoms with E-state index >= 15 is 0 Å². The predicted molar refractivity (Wildman–Crippen MR) is 122 cm³/mol. The number of aryl methyl sites for hydroxylation is 2. The highest BCUT2D eigenvalue weighted by Crippen LogP contribution is 2.23. The Balaban J connectivity index is 1.72. The molecule has 7 nitrogen and oxygen atoms in total. The summed E-state index contributed by atoms with van der Waals surface area (Å²) in [5.74, 6) is 0. The van der Waals surface area contributed by atoms with Crippen LogP contribution in [0, 0.1) is 13.8 Å². The molecule has 0 unspecified atom stereocenters. The van der Waals surface area contributed by atoms with Gasteiger partial charge in [0.1, 0.15) is 0 Å². The molecule has 1 aliphatic heterocycles. The minimum atomic E-state index is -3.83. The van der Waals surface area contributed by atoms with E-state index in [0.29, 0.717) is 11.4 Å². The second-order valence-electron chi connectivity index (χ2n) is 7.92. The van der Waals surface area contributed by atoms with Crippen LogP contribution in [0.2, 0.25) is 0 Å². The van der Waals surface area contributed by atoms with Crippen molar-refractivity contribution in [1.82, 2.24) is 13.6 Å². The molecule has 4 rings (SSSR count). The van der Waals surface area contributed by atoms with Gasteiger partial charge >= 0.3 is 0 Å². The zero-order chi connectivity index (χ0) is 22.9. The van der Waals surface area contributed by atoms with Gasteiger partial charge in [0.05, 0.1) is 34.3 Å². The lowest BCUT2D eigenvalue weighted by molar-refractivity contribution is 0.341. The molecule has 2 bridgehead atoms. The molecule has 0 saturated heterocycles. The Hall–Kier alpha value is -2.59. The van der Waals surface area contributed by atoms with E-state index in [-0.39, 0.29) is 36.0 Å². The minimum Gasteiger partial charge on any atom is -0.255 e. The van der Waals surface area contributed by atoms with E-state index in [9.17, 15) is 16.8 Å². The van der Waals surface area contributed by atoms with Gasteiger partial charge in [-0.2, -0.15) is 8.61 Å². The molecule has 2 heterocycles. The highest BCUT2D eigenvalue weighted by Gasteiger charge is 2.31. The lowest BCUT2D eigenvalue weighted by Gasteiger charge is -2.25. The van der Waals surface area contributed by atoms with E-state index in [2.05, 4.69) is 4.98 Å². The Morgan fingerprint density at radius 3 is 1.38 bits per heavy atom. The van der Waals surface area contributed by atoms with Crippen molar-refractivity contribution in [2.75, 3.05) is 13.1 Å². The van der Waals surface area contributed by atoms with Gasteiger partial charge in [-0.1, -0.05) is 41.5 Å². The van der Waals surface area contributed by atoms with Gasteiger partial charge in [0.15, 0.2) is 0 Å². The maximum atomic E-state index is 13.4. The first kappa shape index (κ1) is 22.6. The fourth-order valence-corrected chi connectivity index (χ4v) is 6.38. The van der Waals surface area contributed by atoms with Crippen LogP contribution in [0.25, 0.3) is 0 Å². The second-order valence-corrected chi connectivity index (χ2v) is 11.8. The number of hydrogen-bond donors (Lipinski definition) is 0. The number of sulfonamides is 2. The topological polar surface area (TPSA) is 87.7 Å². The SMILES string of the molecule is Cc1ccc(S(=O)(=O)N2CCN(S(=O)(=O)c3ccc(C)cc3)Cc3cccc(n3)C2)cc1. The summed E-state index contributed by atoms with van der Waals surface area (Å²) in [6.07, 6.45) is 0. The van der Waals surface area contributed by atoms with Crippen molar-refractivity contribution in [2.24, 2.45) is 0 Å². The van der Waals surface area contributed by atoms with Crippen LogP contribution in [0.5, 0.6) is 0 Å². The third kappa shape index (κ3) is 4.61. The summed E-state index contributed by atoms with van der Waals surface area (Å²) in [6, 6.07) is 18.6. The number of hydrogen-bond acceptors (Lipinski definition) is 5. The smallest absolute Gasteiger partial charge is 0.243 e. The Morgan fingerprint density at radius 1 is 0.625 bits per heavy atom. The van der Waals surface area contributed by atoms with Gasteiger partial charge in [-0.15, -0.1) is 0 Å². The lowest BCUT2D eigenvalue weighted by Crippen LogP contribution is -2.39. The minimum absolute atomic E-state index is 0.0153. The molecule has 1 aliphatic rings. The zero-order valence-electron chi connectivity index (χ0n) is 18.0.